The fraction of sp³-hybridized carbons (Fsp3) is 0.647. The van der Waals surface area contributed by atoms with E-state index < -0.39 is 25.4 Å². The fourth-order valence-corrected chi connectivity index (χ4v) is 3.39. The van der Waals surface area contributed by atoms with E-state index in [1.54, 1.807) is 6.07 Å². The third-order valence-corrected chi connectivity index (χ3v) is 4.52. The van der Waals surface area contributed by atoms with E-state index in [0.29, 0.717) is 11.4 Å². The van der Waals surface area contributed by atoms with Gasteiger partial charge >= 0.3 is 0 Å². The summed E-state index contributed by atoms with van der Waals surface area (Å²) in [5, 5.41) is 0.585. The van der Waals surface area contributed by atoms with Gasteiger partial charge < -0.3 is 4.90 Å². The molecule has 1 aromatic carbocycles. The zero-order valence-corrected chi connectivity index (χ0v) is 12.4. The van der Waals surface area contributed by atoms with Crippen LogP contribution in [0.4, 0.5) is 0 Å². The molecule has 0 spiro atoms. The van der Waals surface area contributed by atoms with Crippen LogP contribution in [0.1, 0.15) is 53.3 Å². The third kappa shape index (κ3) is 2.98. The Balaban J connectivity index is 2.58. The van der Waals surface area contributed by atoms with Crippen LogP contribution in [0.2, 0.25) is 5.02 Å². The summed E-state index contributed by atoms with van der Waals surface area (Å²) < 4.78 is 47.3. The minimum absolute atomic E-state index is 0.175. The molecular formula is C17H26ClN. The molecule has 1 aliphatic rings. The van der Waals surface area contributed by atoms with E-state index in [4.69, 9.17) is 19.8 Å². The Morgan fingerprint density at radius 2 is 2.11 bits per heavy atom. The van der Waals surface area contributed by atoms with Gasteiger partial charge in [-0.15, -0.1) is 0 Å². The monoisotopic (exact) mass is 285 g/mol. The largest absolute Gasteiger partial charge is 0.306 e. The predicted octanol–water partition coefficient (Wildman–Crippen LogP) is 4.74. The molecule has 19 heavy (non-hydrogen) atoms. The van der Waals surface area contributed by atoms with Gasteiger partial charge in [0.05, 0.1) is 0 Å². The van der Waals surface area contributed by atoms with E-state index in [1.165, 1.54) is 0 Å². The molecule has 0 radical (unpaired) electrons. The number of benzene rings is 1. The van der Waals surface area contributed by atoms with Crippen molar-refractivity contribution in [1.29, 1.82) is 0 Å². The molecule has 1 aromatic rings. The highest BCUT2D eigenvalue weighted by molar-refractivity contribution is 6.30. The number of hydrogen-bond donors (Lipinski definition) is 0. The van der Waals surface area contributed by atoms with Crippen LogP contribution < -0.4 is 0 Å². The van der Waals surface area contributed by atoms with E-state index in [1.807, 2.05) is 32.0 Å². The lowest BCUT2D eigenvalue weighted by Gasteiger charge is -2.51. The van der Waals surface area contributed by atoms with Crippen molar-refractivity contribution >= 4 is 11.6 Å². The SMILES string of the molecule is [2H]C([2H])([2H])N(C(CC(C)C)C1(c2cccc(Cl)c2)CCC1)C([2H])([2H])[2H]. The van der Waals surface area contributed by atoms with Crippen molar-refractivity contribution < 1.29 is 8.22 Å². The molecule has 2 rings (SSSR count). The van der Waals surface area contributed by atoms with Crippen LogP contribution in [0.5, 0.6) is 0 Å². The Morgan fingerprint density at radius 3 is 2.58 bits per heavy atom. The summed E-state index contributed by atoms with van der Waals surface area (Å²) in [6.07, 6.45) is 3.00. The van der Waals surface area contributed by atoms with Crippen molar-refractivity contribution in [2.75, 3.05) is 14.0 Å². The summed E-state index contributed by atoms with van der Waals surface area (Å²) >= 11 is 6.17. The maximum absolute atomic E-state index is 7.88. The number of nitrogens with zero attached hydrogens (tertiary/aromatic N) is 1. The molecule has 0 saturated heterocycles. The predicted molar refractivity (Wildman–Crippen MR) is 83.9 cm³/mol. The Kier molecular flexibility index (Phi) is 2.67. The van der Waals surface area contributed by atoms with Gasteiger partial charge in [0.2, 0.25) is 0 Å². The van der Waals surface area contributed by atoms with Gasteiger partial charge in [0, 0.05) is 24.7 Å². The second kappa shape index (κ2) is 5.85. The second-order valence-electron chi connectivity index (χ2n) is 6.04. The molecule has 0 bridgehead atoms. The highest BCUT2D eigenvalue weighted by Crippen LogP contribution is 2.49. The Labute approximate surface area is 131 Å². The quantitative estimate of drug-likeness (QED) is 0.755. The molecule has 1 atom stereocenters. The molecule has 1 nitrogen and oxygen atoms in total. The zero-order valence-electron chi connectivity index (χ0n) is 17.6. The normalized spacial score (nSPS) is 25.5. The van der Waals surface area contributed by atoms with Gasteiger partial charge in [0.1, 0.15) is 0 Å². The number of halogens is 1. The molecule has 0 aliphatic heterocycles. The van der Waals surface area contributed by atoms with Gasteiger partial charge in [-0.1, -0.05) is 44.0 Å². The zero-order chi connectivity index (χ0) is 19.0. The number of rotatable bonds is 5. The van der Waals surface area contributed by atoms with Crippen LogP contribution in [-0.4, -0.2) is 24.9 Å². The fourth-order valence-electron chi connectivity index (χ4n) is 3.19. The first kappa shape index (κ1) is 8.69. The van der Waals surface area contributed by atoms with Gasteiger partial charge in [-0.05, 0) is 56.8 Å². The molecule has 0 heterocycles. The molecular weight excluding hydrogens is 254 g/mol. The van der Waals surface area contributed by atoms with Gasteiger partial charge in [0.15, 0.2) is 0 Å². The van der Waals surface area contributed by atoms with Crippen molar-refractivity contribution in [3.63, 3.8) is 0 Å². The second-order valence-corrected chi connectivity index (χ2v) is 6.47. The first-order valence-electron chi connectivity index (χ1n) is 9.93. The molecule has 1 saturated carbocycles. The van der Waals surface area contributed by atoms with Crippen molar-refractivity contribution in [3.05, 3.63) is 34.9 Å². The lowest BCUT2D eigenvalue weighted by Crippen LogP contribution is -2.52. The summed E-state index contributed by atoms with van der Waals surface area (Å²) in [4.78, 5) is 0.792. The van der Waals surface area contributed by atoms with Crippen LogP contribution in [0.25, 0.3) is 0 Å². The van der Waals surface area contributed by atoms with Gasteiger partial charge in [-0.3, -0.25) is 0 Å². The summed E-state index contributed by atoms with van der Waals surface area (Å²) in [6.45, 7) is -1.39. The van der Waals surface area contributed by atoms with Crippen LogP contribution in [0.15, 0.2) is 24.3 Å². The van der Waals surface area contributed by atoms with Crippen molar-refractivity contribution in [1.82, 2.24) is 4.90 Å². The van der Waals surface area contributed by atoms with E-state index >= 15 is 0 Å². The highest BCUT2D eigenvalue weighted by atomic mass is 35.5. The smallest absolute Gasteiger partial charge is 0.0408 e. The minimum atomic E-state index is -2.69. The Morgan fingerprint density at radius 1 is 1.37 bits per heavy atom. The van der Waals surface area contributed by atoms with Gasteiger partial charge in [-0.2, -0.15) is 0 Å². The Bertz CT molecular complexity index is 578. The standard InChI is InChI=1S/C17H26ClN/c1-13(2)11-16(19(3)4)17(9-6-10-17)14-7-5-8-15(18)12-14/h5,7-8,12-13,16H,6,9-11H2,1-4H3/i3D3,4D3. The van der Waals surface area contributed by atoms with E-state index in [-0.39, 0.29) is 5.92 Å². The maximum atomic E-state index is 7.88. The highest BCUT2D eigenvalue weighted by Gasteiger charge is 2.46. The van der Waals surface area contributed by atoms with E-state index in [0.717, 1.165) is 29.7 Å². The lowest BCUT2D eigenvalue weighted by molar-refractivity contribution is 0.0808. The van der Waals surface area contributed by atoms with Crippen LogP contribution in [-0.2, 0) is 5.41 Å². The number of hydrogen-bond acceptors (Lipinski definition) is 1. The maximum Gasteiger partial charge on any atom is 0.0408 e. The van der Waals surface area contributed by atoms with Gasteiger partial charge in [-0.25, -0.2) is 0 Å². The average molecular weight is 286 g/mol. The van der Waals surface area contributed by atoms with Crippen molar-refractivity contribution in [3.8, 4) is 0 Å². The molecule has 1 aliphatic carbocycles. The van der Waals surface area contributed by atoms with E-state index in [2.05, 4.69) is 0 Å². The molecule has 0 amide bonds. The lowest BCUT2D eigenvalue weighted by atomic mass is 9.58. The number of likely N-dealkylation sites (N-methyl/N-ethyl adjacent to an activating group) is 1. The van der Waals surface area contributed by atoms with E-state index in [9.17, 15) is 0 Å². The first-order chi connectivity index (χ1) is 11.4. The topological polar surface area (TPSA) is 3.24 Å². The Hall–Kier alpha value is -0.530. The van der Waals surface area contributed by atoms with Crippen LogP contribution in [0, 0.1) is 5.92 Å². The molecule has 1 unspecified atom stereocenters. The summed E-state index contributed by atoms with van der Waals surface area (Å²) in [5.41, 5.74) is 0.452. The van der Waals surface area contributed by atoms with Crippen molar-refractivity contribution in [2.45, 2.75) is 51.0 Å². The molecule has 106 valence electrons. The molecule has 2 heteroatoms. The van der Waals surface area contributed by atoms with Crippen molar-refractivity contribution in [2.24, 2.45) is 5.92 Å². The summed E-state index contributed by atoms with van der Waals surface area (Å²) in [6, 6.07) is 6.82. The minimum Gasteiger partial charge on any atom is -0.306 e. The van der Waals surface area contributed by atoms with Gasteiger partial charge in [0.25, 0.3) is 0 Å². The van der Waals surface area contributed by atoms with Crippen LogP contribution in [0.3, 0.4) is 0 Å². The molecule has 0 N–H and O–H groups in total. The van der Waals surface area contributed by atoms with Crippen LogP contribution >= 0.6 is 11.6 Å². The molecule has 1 fully saturated rings. The third-order valence-electron chi connectivity index (χ3n) is 4.29. The molecule has 0 aromatic heterocycles. The summed E-state index contributed by atoms with van der Waals surface area (Å²) in [5.74, 6) is 0.175. The average Bonchev–Trinajstić information content (AvgIpc) is 2.32. The summed E-state index contributed by atoms with van der Waals surface area (Å²) in [7, 11) is 0. The first-order valence-corrected chi connectivity index (χ1v) is 7.31.